The van der Waals surface area contributed by atoms with E-state index >= 15 is 0 Å². The lowest BCUT2D eigenvalue weighted by Gasteiger charge is -2.11. The molecule has 0 bridgehead atoms. The largest absolute Gasteiger partial charge is 0.487 e. The standard InChI is InChI=1S/C15H15NO3S/c1-10-4-3-5-12(6-7-14(17)18)15(10)19-9-13-8-16-11(2)20-13/h3-8H,9H2,1-2H3,(H,17,18)/b7-6+. The molecule has 1 heterocycles. The first-order valence-corrected chi connectivity index (χ1v) is 6.92. The van der Waals surface area contributed by atoms with E-state index in [0.717, 1.165) is 27.1 Å². The van der Waals surface area contributed by atoms with Gasteiger partial charge in [-0.1, -0.05) is 18.2 Å². The number of rotatable bonds is 5. The van der Waals surface area contributed by atoms with Crippen LogP contribution in [0.25, 0.3) is 6.08 Å². The molecule has 104 valence electrons. The lowest BCUT2D eigenvalue weighted by Crippen LogP contribution is -1.97. The van der Waals surface area contributed by atoms with Crippen LogP contribution in [-0.2, 0) is 11.4 Å². The van der Waals surface area contributed by atoms with Crippen molar-refractivity contribution >= 4 is 23.4 Å². The van der Waals surface area contributed by atoms with E-state index in [2.05, 4.69) is 4.98 Å². The van der Waals surface area contributed by atoms with Crippen LogP contribution in [0.1, 0.15) is 21.0 Å². The zero-order valence-electron chi connectivity index (χ0n) is 11.3. The fraction of sp³-hybridized carbons (Fsp3) is 0.200. The summed E-state index contributed by atoms with van der Waals surface area (Å²) in [5.41, 5.74) is 1.73. The van der Waals surface area contributed by atoms with E-state index in [0.29, 0.717) is 12.4 Å². The summed E-state index contributed by atoms with van der Waals surface area (Å²) in [6.07, 6.45) is 4.45. The Hall–Kier alpha value is -2.14. The van der Waals surface area contributed by atoms with Crippen LogP contribution in [0.5, 0.6) is 5.75 Å². The van der Waals surface area contributed by atoms with Crippen LogP contribution in [0.4, 0.5) is 0 Å². The lowest BCUT2D eigenvalue weighted by atomic mass is 10.1. The first kappa shape index (κ1) is 14.3. The molecule has 1 N–H and O–H groups in total. The van der Waals surface area contributed by atoms with Crippen LogP contribution in [0.2, 0.25) is 0 Å². The Balaban J connectivity index is 2.19. The van der Waals surface area contributed by atoms with E-state index in [9.17, 15) is 4.79 Å². The van der Waals surface area contributed by atoms with Crippen LogP contribution in [0, 0.1) is 13.8 Å². The maximum atomic E-state index is 10.6. The zero-order chi connectivity index (χ0) is 14.5. The molecule has 0 fully saturated rings. The number of para-hydroxylation sites is 1. The monoisotopic (exact) mass is 289 g/mol. The Bertz CT molecular complexity index is 646. The van der Waals surface area contributed by atoms with Crippen molar-refractivity contribution in [3.05, 3.63) is 51.5 Å². The second-order valence-corrected chi connectivity index (χ2v) is 5.62. The molecule has 1 aromatic carbocycles. The summed E-state index contributed by atoms with van der Waals surface area (Å²) < 4.78 is 5.83. The first-order valence-electron chi connectivity index (χ1n) is 6.11. The van der Waals surface area contributed by atoms with Gasteiger partial charge in [0.2, 0.25) is 0 Å². The van der Waals surface area contributed by atoms with Gasteiger partial charge < -0.3 is 9.84 Å². The molecule has 0 saturated carbocycles. The third kappa shape index (κ3) is 3.68. The highest BCUT2D eigenvalue weighted by Crippen LogP contribution is 2.26. The summed E-state index contributed by atoms with van der Waals surface area (Å²) in [4.78, 5) is 15.8. The molecule has 0 atom stereocenters. The number of benzene rings is 1. The van der Waals surface area contributed by atoms with Crippen LogP contribution < -0.4 is 4.74 Å². The Morgan fingerprint density at radius 2 is 2.25 bits per heavy atom. The van der Waals surface area contributed by atoms with Gasteiger partial charge in [0, 0.05) is 17.8 Å². The summed E-state index contributed by atoms with van der Waals surface area (Å²) in [5, 5.41) is 9.71. The van der Waals surface area contributed by atoms with Gasteiger partial charge in [0.05, 0.1) is 9.88 Å². The van der Waals surface area contributed by atoms with E-state index in [1.54, 1.807) is 23.6 Å². The third-order valence-electron chi connectivity index (χ3n) is 2.68. The molecule has 5 heteroatoms. The molecule has 0 saturated heterocycles. The highest BCUT2D eigenvalue weighted by atomic mass is 32.1. The van der Waals surface area contributed by atoms with Gasteiger partial charge in [0.1, 0.15) is 12.4 Å². The van der Waals surface area contributed by atoms with Crippen LogP contribution in [0.15, 0.2) is 30.5 Å². The number of aliphatic carboxylic acids is 1. The van der Waals surface area contributed by atoms with Crippen molar-refractivity contribution in [2.24, 2.45) is 0 Å². The second-order valence-electron chi connectivity index (χ2n) is 4.30. The molecular formula is C15H15NO3S. The molecule has 2 aromatic rings. The molecule has 4 nitrogen and oxygen atoms in total. The van der Waals surface area contributed by atoms with Gasteiger partial charge in [-0.05, 0) is 25.5 Å². The molecular weight excluding hydrogens is 274 g/mol. The highest BCUT2D eigenvalue weighted by molar-refractivity contribution is 7.11. The predicted octanol–water partition coefficient (Wildman–Crippen LogP) is 3.44. The number of ether oxygens (including phenoxy) is 1. The molecule has 1 aromatic heterocycles. The van der Waals surface area contributed by atoms with Crippen molar-refractivity contribution in [2.75, 3.05) is 0 Å². The fourth-order valence-electron chi connectivity index (χ4n) is 1.78. The predicted molar refractivity (Wildman–Crippen MR) is 79.0 cm³/mol. The molecule has 0 unspecified atom stereocenters. The summed E-state index contributed by atoms with van der Waals surface area (Å²) in [7, 11) is 0. The average molecular weight is 289 g/mol. The van der Waals surface area contributed by atoms with Crippen molar-refractivity contribution in [1.29, 1.82) is 0 Å². The third-order valence-corrected chi connectivity index (χ3v) is 3.56. The van der Waals surface area contributed by atoms with E-state index in [1.807, 2.05) is 32.0 Å². The van der Waals surface area contributed by atoms with Crippen LogP contribution >= 0.6 is 11.3 Å². The van der Waals surface area contributed by atoms with Crippen molar-refractivity contribution in [3.8, 4) is 5.75 Å². The Morgan fingerprint density at radius 3 is 2.90 bits per heavy atom. The van der Waals surface area contributed by atoms with E-state index < -0.39 is 5.97 Å². The van der Waals surface area contributed by atoms with Gasteiger partial charge in [-0.15, -0.1) is 11.3 Å². The van der Waals surface area contributed by atoms with Gasteiger partial charge in [-0.25, -0.2) is 9.78 Å². The number of carboxylic acid groups (broad SMARTS) is 1. The molecule has 0 aliphatic heterocycles. The molecule has 20 heavy (non-hydrogen) atoms. The Labute approximate surface area is 121 Å². The number of carboxylic acids is 1. The number of aryl methyl sites for hydroxylation is 2. The highest BCUT2D eigenvalue weighted by Gasteiger charge is 2.07. The van der Waals surface area contributed by atoms with Crippen LogP contribution in [0.3, 0.4) is 0 Å². The van der Waals surface area contributed by atoms with E-state index in [-0.39, 0.29) is 0 Å². The van der Waals surface area contributed by atoms with Crippen molar-refractivity contribution in [1.82, 2.24) is 4.98 Å². The number of hydrogen-bond acceptors (Lipinski definition) is 4. The molecule has 2 rings (SSSR count). The van der Waals surface area contributed by atoms with Gasteiger partial charge in [-0.3, -0.25) is 0 Å². The normalized spacial score (nSPS) is 10.9. The number of nitrogens with zero attached hydrogens (tertiary/aromatic N) is 1. The van der Waals surface area contributed by atoms with E-state index in [4.69, 9.17) is 9.84 Å². The SMILES string of the molecule is Cc1ncc(COc2c(C)cccc2/C=C/C(=O)O)s1. The maximum Gasteiger partial charge on any atom is 0.328 e. The van der Waals surface area contributed by atoms with Crippen molar-refractivity contribution in [3.63, 3.8) is 0 Å². The summed E-state index contributed by atoms with van der Waals surface area (Å²) in [6, 6.07) is 5.64. The summed E-state index contributed by atoms with van der Waals surface area (Å²) >= 11 is 1.59. The molecule has 0 aliphatic carbocycles. The van der Waals surface area contributed by atoms with Gasteiger partial charge >= 0.3 is 5.97 Å². The number of aromatic nitrogens is 1. The van der Waals surface area contributed by atoms with Crippen molar-refractivity contribution < 1.29 is 14.6 Å². The van der Waals surface area contributed by atoms with E-state index in [1.165, 1.54) is 0 Å². The molecule has 0 spiro atoms. The minimum absolute atomic E-state index is 0.435. The van der Waals surface area contributed by atoms with Gasteiger partial charge in [-0.2, -0.15) is 0 Å². The molecule has 0 amide bonds. The van der Waals surface area contributed by atoms with Gasteiger partial charge in [0.25, 0.3) is 0 Å². The minimum Gasteiger partial charge on any atom is -0.487 e. The average Bonchev–Trinajstić information content (AvgIpc) is 2.81. The first-order chi connectivity index (χ1) is 9.56. The summed E-state index contributed by atoms with van der Waals surface area (Å²) in [6.45, 7) is 4.32. The maximum absolute atomic E-state index is 10.6. The lowest BCUT2D eigenvalue weighted by molar-refractivity contribution is -0.131. The number of thiazole rings is 1. The quantitative estimate of drug-likeness (QED) is 0.857. The van der Waals surface area contributed by atoms with Crippen LogP contribution in [-0.4, -0.2) is 16.1 Å². The summed E-state index contributed by atoms with van der Waals surface area (Å²) in [5.74, 6) is -0.272. The molecule has 0 aliphatic rings. The second kappa shape index (κ2) is 6.34. The zero-order valence-corrected chi connectivity index (χ0v) is 12.1. The number of carbonyl (C=O) groups is 1. The van der Waals surface area contributed by atoms with Crippen molar-refractivity contribution in [2.45, 2.75) is 20.5 Å². The topological polar surface area (TPSA) is 59.4 Å². The number of hydrogen-bond donors (Lipinski definition) is 1. The Kier molecular flexibility index (Phi) is 4.53. The Morgan fingerprint density at radius 1 is 1.45 bits per heavy atom. The fourth-order valence-corrected chi connectivity index (χ4v) is 2.49. The molecule has 0 radical (unpaired) electrons. The minimum atomic E-state index is -0.976. The smallest absolute Gasteiger partial charge is 0.328 e. The van der Waals surface area contributed by atoms with Gasteiger partial charge in [0.15, 0.2) is 0 Å².